The Morgan fingerprint density at radius 1 is 1.37 bits per heavy atom. The minimum atomic E-state index is -3.18. The molecule has 1 saturated heterocycles. The van der Waals surface area contributed by atoms with Crippen molar-refractivity contribution in [2.24, 2.45) is 0 Å². The lowest BCUT2D eigenvalue weighted by molar-refractivity contribution is -0.139. The zero-order valence-corrected chi connectivity index (χ0v) is 17.5. The lowest BCUT2D eigenvalue weighted by atomic mass is 9.94. The predicted octanol–water partition coefficient (Wildman–Crippen LogP) is 2.54. The summed E-state index contributed by atoms with van der Waals surface area (Å²) in [6, 6.07) is 5.73. The zero-order valence-electron chi connectivity index (χ0n) is 15.1. The van der Waals surface area contributed by atoms with Gasteiger partial charge < -0.3 is 10.1 Å². The van der Waals surface area contributed by atoms with Crippen molar-refractivity contribution in [3.05, 3.63) is 45.6 Å². The minimum Gasteiger partial charge on any atom is -0.463 e. The first kappa shape index (κ1) is 19.9. The molecule has 2 amide bonds. The summed E-state index contributed by atoms with van der Waals surface area (Å²) in [7, 11) is -3.18. The van der Waals surface area contributed by atoms with Gasteiger partial charge in [0.15, 0.2) is 9.84 Å². The highest BCUT2D eigenvalue weighted by atomic mass is 79.9. The number of amides is 2. The molecule has 2 aliphatic rings. The van der Waals surface area contributed by atoms with E-state index >= 15 is 0 Å². The van der Waals surface area contributed by atoms with Crippen molar-refractivity contribution in [1.29, 1.82) is 0 Å². The molecule has 2 heterocycles. The second-order valence-corrected chi connectivity index (χ2v) is 9.63. The topological polar surface area (TPSA) is 92.8 Å². The molecular weight excluding hydrogens is 436 g/mol. The fraction of sp³-hybridized carbons (Fsp3) is 0.444. The Kier molecular flexibility index (Phi) is 5.62. The van der Waals surface area contributed by atoms with Gasteiger partial charge in [0.1, 0.15) is 0 Å². The summed E-state index contributed by atoms with van der Waals surface area (Å²) in [6.45, 7) is 3.58. The van der Waals surface area contributed by atoms with Crippen molar-refractivity contribution in [1.82, 2.24) is 10.2 Å². The molecule has 27 heavy (non-hydrogen) atoms. The van der Waals surface area contributed by atoms with Crippen LogP contribution in [0, 0.1) is 0 Å². The molecule has 0 saturated carbocycles. The molecule has 1 N–H and O–H groups in total. The molecular formula is C18H21BrN2O5S. The highest BCUT2D eigenvalue weighted by molar-refractivity contribution is 9.10. The number of ether oxygens (including phenoxy) is 1. The Hall–Kier alpha value is -1.87. The number of allylic oxidation sites excluding steroid dienone is 1. The maximum absolute atomic E-state index is 12.8. The van der Waals surface area contributed by atoms with Crippen LogP contribution in [0.25, 0.3) is 0 Å². The second kappa shape index (κ2) is 7.63. The Labute approximate surface area is 166 Å². The average molecular weight is 457 g/mol. The van der Waals surface area contributed by atoms with Crippen LogP contribution in [0.3, 0.4) is 0 Å². The summed E-state index contributed by atoms with van der Waals surface area (Å²) < 4.78 is 29.7. The van der Waals surface area contributed by atoms with Crippen LogP contribution in [0.15, 0.2) is 40.0 Å². The number of benzene rings is 1. The van der Waals surface area contributed by atoms with E-state index in [-0.39, 0.29) is 18.1 Å². The number of nitrogens with one attached hydrogen (secondary N) is 1. The molecule has 1 fully saturated rings. The molecule has 2 atom stereocenters. The molecule has 0 bridgehead atoms. The number of carbonyl (C=O) groups is 2. The Bertz CT molecular complexity index is 912. The van der Waals surface area contributed by atoms with Crippen LogP contribution >= 0.6 is 15.9 Å². The fourth-order valence-corrected chi connectivity index (χ4v) is 5.81. The van der Waals surface area contributed by atoms with Crippen molar-refractivity contribution < 1.29 is 22.7 Å². The van der Waals surface area contributed by atoms with Crippen molar-refractivity contribution >= 4 is 37.8 Å². The number of carbonyl (C=O) groups excluding carboxylic acids is 2. The summed E-state index contributed by atoms with van der Waals surface area (Å²) in [5.41, 5.74) is 1.47. The number of hydrogen-bond acceptors (Lipinski definition) is 5. The number of sulfone groups is 1. The van der Waals surface area contributed by atoms with Gasteiger partial charge in [-0.3, -0.25) is 4.90 Å². The molecule has 0 aliphatic carbocycles. The van der Waals surface area contributed by atoms with Crippen LogP contribution in [0.2, 0.25) is 0 Å². The van der Waals surface area contributed by atoms with Crippen LogP contribution in [-0.2, 0) is 19.4 Å². The number of halogens is 1. The van der Waals surface area contributed by atoms with Crippen LogP contribution in [0.4, 0.5) is 4.79 Å². The van der Waals surface area contributed by atoms with E-state index in [1.54, 1.807) is 13.8 Å². The van der Waals surface area contributed by atoms with Crippen LogP contribution in [-0.4, -0.2) is 49.5 Å². The van der Waals surface area contributed by atoms with Crippen molar-refractivity contribution in [3.63, 3.8) is 0 Å². The molecule has 0 radical (unpaired) electrons. The standard InChI is InChI=1S/C18H21BrN2O5S/c1-3-26-17(22)15-11(2)21(12-8-9-27(24,25)10-12)18(23)20-16(15)13-6-4-5-7-14(13)19/h4-7,12,16H,3,8-10H2,1-2H3,(H,20,23)/t12-,16+/m1/s1. The lowest BCUT2D eigenvalue weighted by Gasteiger charge is -2.38. The second-order valence-electron chi connectivity index (χ2n) is 6.55. The normalized spacial score (nSPS) is 24.7. The first-order valence-electron chi connectivity index (χ1n) is 8.67. The molecule has 0 aromatic heterocycles. The largest absolute Gasteiger partial charge is 0.463 e. The fourth-order valence-electron chi connectivity index (χ4n) is 3.59. The number of esters is 1. The van der Waals surface area contributed by atoms with Crippen molar-refractivity contribution in [2.75, 3.05) is 18.1 Å². The quantitative estimate of drug-likeness (QED) is 0.702. The number of rotatable bonds is 4. The maximum atomic E-state index is 12.8. The molecule has 0 unspecified atom stereocenters. The van der Waals surface area contributed by atoms with E-state index in [1.165, 1.54) is 4.90 Å². The number of urea groups is 1. The van der Waals surface area contributed by atoms with E-state index in [1.807, 2.05) is 24.3 Å². The van der Waals surface area contributed by atoms with Gasteiger partial charge in [-0.15, -0.1) is 0 Å². The summed E-state index contributed by atoms with van der Waals surface area (Å²) in [5.74, 6) is -0.591. The molecule has 146 valence electrons. The first-order valence-corrected chi connectivity index (χ1v) is 11.3. The molecule has 2 aliphatic heterocycles. The SMILES string of the molecule is CCOC(=O)C1=C(C)N([C@@H]2CCS(=O)(=O)C2)C(=O)N[C@H]1c1ccccc1Br. The molecule has 7 nitrogen and oxygen atoms in total. The third-order valence-corrected chi connectivity index (χ3v) is 7.28. The molecule has 1 aromatic carbocycles. The Morgan fingerprint density at radius 2 is 2.07 bits per heavy atom. The van der Waals surface area contributed by atoms with E-state index in [9.17, 15) is 18.0 Å². The van der Waals surface area contributed by atoms with Crippen LogP contribution < -0.4 is 5.32 Å². The molecule has 1 aromatic rings. The third-order valence-electron chi connectivity index (χ3n) is 4.81. The monoisotopic (exact) mass is 456 g/mol. The molecule has 9 heteroatoms. The summed E-state index contributed by atoms with van der Waals surface area (Å²) in [5, 5.41) is 2.85. The number of hydrogen-bond donors (Lipinski definition) is 1. The van der Waals surface area contributed by atoms with E-state index in [0.717, 1.165) is 10.0 Å². The van der Waals surface area contributed by atoms with Gasteiger partial charge in [-0.25, -0.2) is 18.0 Å². The third kappa shape index (κ3) is 3.89. The molecule has 0 spiro atoms. The lowest BCUT2D eigenvalue weighted by Crippen LogP contribution is -2.52. The minimum absolute atomic E-state index is 0.0388. The Balaban J connectivity index is 2.08. The summed E-state index contributed by atoms with van der Waals surface area (Å²) in [4.78, 5) is 26.9. The van der Waals surface area contributed by atoms with Gasteiger partial charge >= 0.3 is 12.0 Å². The van der Waals surface area contributed by atoms with Crippen molar-refractivity contribution in [3.8, 4) is 0 Å². The first-order chi connectivity index (χ1) is 12.7. The van der Waals surface area contributed by atoms with Gasteiger partial charge in [-0.2, -0.15) is 0 Å². The zero-order chi connectivity index (χ0) is 19.8. The van der Waals surface area contributed by atoms with Crippen LogP contribution in [0.5, 0.6) is 0 Å². The highest BCUT2D eigenvalue weighted by Gasteiger charge is 2.42. The Morgan fingerprint density at radius 3 is 2.67 bits per heavy atom. The van der Waals surface area contributed by atoms with Gasteiger partial charge in [0.2, 0.25) is 0 Å². The van der Waals surface area contributed by atoms with E-state index in [0.29, 0.717) is 17.7 Å². The summed E-state index contributed by atoms with van der Waals surface area (Å²) >= 11 is 3.46. The highest BCUT2D eigenvalue weighted by Crippen LogP contribution is 2.36. The van der Waals surface area contributed by atoms with Gasteiger partial charge in [0.05, 0.1) is 35.8 Å². The number of nitrogens with zero attached hydrogens (tertiary/aromatic N) is 1. The maximum Gasteiger partial charge on any atom is 0.338 e. The average Bonchev–Trinajstić information content (AvgIpc) is 2.94. The van der Waals surface area contributed by atoms with Crippen LogP contribution in [0.1, 0.15) is 31.9 Å². The molecule has 3 rings (SSSR count). The van der Waals surface area contributed by atoms with Gasteiger partial charge in [0, 0.05) is 10.2 Å². The summed E-state index contributed by atoms with van der Waals surface area (Å²) in [6.07, 6.45) is 0.350. The van der Waals surface area contributed by atoms with E-state index < -0.39 is 33.9 Å². The smallest absolute Gasteiger partial charge is 0.338 e. The van der Waals surface area contributed by atoms with Gasteiger partial charge in [-0.05, 0) is 31.9 Å². The van der Waals surface area contributed by atoms with E-state index in [4.69, 9.17) is 4.74 Å². The van der Waals surface area contributed by atoms with Gasteiger partial charge in [-0.1, -0.05) is 34.1 Å². The van der Waals surface area contributed by atoms with E-state index in [2.05, 4.69) is 21.2 Å². The van der Waals surface area contributed by atoms with Gasteiger partial charge in [0.25, 0.3) is 0 Å². The predicted molar refractivity (Wildman–Crippen MR) is 104 cm³/mol. The van der Waals surface area contributed by atoms with Crippen molar-refractivity contribution in [2.45, 2.75) is 32.4 Å².